The van der Waals surface area contributed by atoms with Gasteiger partial charge in [-0.25, -0.2) is 0 Å². The number of hydrogen-bond donors (Lipinski definition) is 1. The smallest absolute Gasteiger partial charge is 0.261 e. The molecule has 0 radical (unpaired) electrons. The fourth-order valence-corrected chi connectivity index (χ4v) is 5.15. The molecule has 1 saturated carbocycles. The summed E-state index contributed by atoms with van der Waals surface area (Å²) < 4.78 is 0. The molecule has 1 aromatic heterocycles. The summed E-state index contributed by atoms with van der Waals surface area (Å²) in [6.45, 7) is 9.34. The van der Waals surface area contributed by atoms with E-state index in [-0.39, 0.29) is 5.91 Å². The van der Waals surface area contributed by atoms with Crippen molar-refractivity contribution in [2.75, 3.05) is 0 Å². The van der Waals surface area contributed by atoms with Crippen LogP contribution in [0.3, 0.4) is 0 Å². The van der Waals surface area contributed by atoms with Crippen LogP contribution in [0.5, 0.6) is 0 Å². The van der Waals surface area contributed by atoms with Crippen molar-refractivity contribution in [3.63, 3.8) is 0 Å². The molecule has 3 rings (SSSR count). The molecule has 1 unspecified atom stereocenters. The Hall–Kier alpha value is -0.830. The van der Waals surface area contributed by atoms with Crippen molar-refractivity contribution in [3.8, 4) is 0 Å². The van der Waals surface area contributed by atoms with Crippen LogP contribution in [0, 0.1) is 17.3 Å². The Morgan fingerprint density at radius 2 is 1.87 bits per heavy atom. The quantitative estimate of drug-likeness (QED) is 0.791. The van der Waals surface area contributed by atoms with Crippen molar-refractivity contribution in [2.24, 2.45) is 17.3 Å². The molecule has 0 bridgehead atoms. The second-order valence-electron chi connectivity index (χ2n) is 8.80. The van der Waals surface area contributed by atoms with E-state index in [2.05, 4.69) is 39.1 Å². The molecule has 3 heteroatoms. The van der Waals surface area contributed by atoms with Crippen LogP contribution in [0.1, 0.15) is 79.9 Å². The Balaban J connectivity index is 1.64. The number of aryl methyl sites for hydroxylation is 1. The molecule has 1 atom stereocenters. The molecule has 1 fully saturated rings. The molecule has 0 aliphatic heterocycles. The Labute approximate surface area is 145 Å². The lowest BCUT2D eigenvalue weighted by Crippen LogP contribution is -2.36. The average molecular weight is 334 g/mol. The lowest BCUT2D eigenvalue weighted by atomic mass is 9.72. The molecular formula is C20H31NOS. The van der Waals surface area contributed by atoms with E-state index in [4.69, 9.17) is 0 Å². The van der Waals surface area contributed by atoms with Crippen LogP contribution in [0.15, 0.2) is 6.07 Å². The highest BCUT2D eigenvalue weighted by Gasteiger charge is 2.30. The van der Waals surface area contributed by atoms with Gasteiger partial charge in [-0.1, -0.05) is 27.7 Å². The maximum absolute atomic E-state index is 12.6. The number of nitrogens with one attached hydrogen (secondary N) is 1. The van der Waals surface area contributed by atoms with Gasteiger partial charge in [0.15, 0.2) is 0 Å². The van der Waals surface area contributed by atoms with Gasteiger partial charge in [0.1, 0.15) is 0 Å². The number of amides is 1. The van der Waals surface area contributed by atoms with Crippen molar-refractivity contribution in [2.45, 2.75) is 78.7 Å². The molecule has 2 aliphatic rings. The number of hydrogen-bond acceptors (Lipinski definition) is 2. The molecule has 1 heterocycles. The number of fused-ring (bicyclic) bond motifs is 1. The molecule has 0 spiro atoms. The summed E-state index contributed by atoms with van der Waals surface area (Å²) >= 11 is 1.73. The van der Waals surface area contributed by atoms with E-state index >= 15 is 0 Å². The van der Waals surface area contributed by atoms with Crippen LogP contribution in [-0.2, 0) is 12.8 Å². The summed E-state index contributed by atoms with van der Waals surface area (Å²) in [5.74, 6) is 1.73. The van der Waals surface area contributed by atoms with Gasteiger partial charge in [-0.3, -0.25) is 4.79 Å². The third kappa shape index (κ3) is 3.99. The number of carbonyl (C=O) groups is 1. The van der Waals surface area contributed by atoms with Crippen LogP contribution in [0.25, 0.3) is 0 Å². The Morgan fingerprint density at radius 1 is 1.17 bits per heavy atom. The predicted molar refractivity (Wildman–Crippen MR) is 98.2 cm³/mol. The Kier molecular flexibility index (Phi) is 4.87. The van der Waals surface area contributed by atoms with Crippen molar-refractivity contribution >= 4 is 17.2 Å². The van der Waals surface area contributed by atoms with Crippen molar-refractivity contribution in [3.05, 3.63) is 21.4 Å². The summed E-state index contributed by atoms with van der Waals surface area (Å²) in [5, 5.41) is 3.28. The summed E-state index contributed by atoms with van der Waals surface area (Å²) in [5.41, 5.74) is 1.80. The highest BCUT2D eigenvalue weighted by atomic mass is 32.1. The van der Waals surface area contributed by atoms with Crippen LogP contribution in [0.2, 0.25) is 0 Å². The standard InChI is InChI=1S/C20H31NOS/c1-13-5-8-16(9-6-13)21-19(22)18-12-14-11-15(20(2,3)4)7-10-17(14)23-18/h12-13,15-16H,5-11H2,1-4H3,(H,21,22). The average Bonchev–Trinajstić information content (AvgIpc) is 2.92. The van der Waals surface area contributed by atoms with Gasteiger partial charge in [0.2, 0.25) is 0 Å². The SMILES string of the molecule is CC1CCC(NC(=O)c2cc3c(s2)CCC(C(C)(C)C)C3)CC1. The maximum Gasteiger partial charge on any atom is 0.261 e. The molecule has 23 heavy (non-hydrogen) atoms. The lowest BCUT2D eigenvalue weighted by molar-refractivity contribution is 0.0927. The third-order valence-electron chi connectivity index (χ3n) is 5.88. The van der Waals surface area contributed by atoms with Crippen LogP contribution >= 0.6 is 11.3 Å². The van der Waals surface area contributed by atoms with E-state index in [1.54, 1.807) is 11.3 Å². The van der Waals surface area contributed by atoms with Gasteiger partial charge in [-0.05, 0) is 73.8 Å². The van der Waals surface area contributed by atoms with E-state index in [0.29, 0.717) is 11.5 Å². The van der Waals surface area contributed by atoms with Crippen molar-refractivity contribution in [1.29, 1.82) is 0 Å². The van der Waals surface area contributed by atoms with Crippen LogP contribution in [-0.4, -0.2) is 11.9 Å². The van der Waals surface area contributed by atoms with Gasteiger partial charge in [0.05, 0.1) is 4.88 Å². The van der Waals surface area contributed by atoms with Gasteiger partial charge in [-0.15, -0.1) is 11.3 Å². The Bertz CT molecular complexity index is 561. The van der Waals surface area contributed by atoms with Crippen molar-refractivity contribution in [1.82, 2.24) is 5.32 Å². The van der Waals surface area contributed by atoms with E-state index in [0.717, 1.165) is 42.4 Å². The zero-order valence-corrected chi connectivity index (χ0v) is 15.9. The molecule has 2 aliphatic carbocycles. The van der Waals surface area contributed by atoms with E-state index in [1.807, 2.05) is 0 Å². The Morgan fingerprint density at radius 3 is 2.52 bits per heavy atom. The lowest BCUT2D eigenvalue weighted by Gasteiger charge is -2.33. The van der Waals surface area contributed by atoms with Gasteiger partial charge < -0.3 is 5.32 Å². The largest absolute Gasteiger partial charge is 0.349 e. The molecule has 1 aromatic rings. The zero-order chi connectivity index (χ0) is 16.6. The van der Waals surface area contributed by atoms with Gasteiger partial charge in [-0.2, -0.15) is 0 Å². The number of carbonyl (C=O) groups excluding carboxylic acids is 1. The highest BCUT2D eigenvalue weighted by molar-refractivity contribution is 7.14. The topological polar surface area (TPSA) is 29.1 Å². The van der Waals surface area contributed by atoms with E-state index in [1.165, 1.54) is 29.7 Å². The minimum atomic E-state index is 0.163. The molecule has 0 saturated heterocycles. The first-order chi connectivity index (χ1) is 10.8. The van der Waals surface area contributed by atoms with Crippen molar-refractivity contribution < 1.29 is 4.79 Å². The predicted octanol–water partition coefficient (Wildman–Crippen LogP) is 5.21. The molecule has 0 aromatic carbocycles. The fraction of sp³-hybridized carbons (Fsp3) is 0.750. The summed E-state index contributed by atoms with van der Waals surface area (Å²) in [7, 11) is 0. The number of rotatable bonds is 2. The second-order valence-corrected chi connectivity index (χ2v) is 9.93. The summed E-state index contributed by atoms with van der Waals surface area (Å²) in [6, 6.07) is 2.57. The summed E-state index contributed by atoms with van der Waals surface area (Å²) in [6.07, 6.45) is 8.34. The summed E-state index contributed by atoms with van der Waals surface area (Å²) in [4.78, 5) is 15.0. The second kappa shape index (κ2) is 6.58. The molecular weight excluding hydrogens is 302 g/mol. The molecule has 128 valence electrons. The highest BCUT2D eigenvalue weighted by Crippen LogP contribution is 2.40. The van der Waals surface area contributed by atoms with Crippen LogP contribution < -0.4 is 5.32 Å². The first-order valence-corrected chi connectivity index (χ1v) is 10.1. The molecule has 1 N–H and O–H groups in total. The minimum Gasteiger partial charge on any atom is -0.349 e. The molecule has 2 nitrogen and oxygen atoms in total. The number of thiophene rings is 1. The first-order valence-electron chi connectivity index (χ1n) is 9.25. The van der Waals surface area contributed by atoms with E-state index in [9.17, 15) is 4.79 Å². The van der Waals surface area contributed by atoms with Gasteiger partial charge in [0.25, 0.3) is 5.91 Å². The first kappa shape index (κ1) is 17.0. The van der Waals surface area contributed by atoms with Gasteiger partial charge >= 0.3 is 0 Å². The third-order valence-corrected chi connectivity index (χ3v) is 7.12. The monoisotopic (exact) mass is 333 g/mol. The maximum atomic E-state index is 12.6. The minimum absolute atomic E-state index is 0.163. The van der Waals surface area contributed by atoms with Crippen LogP contribution in [0.4, 0.5) is 0 Å². The zero-order valence-electron chi connectivity index (χ0n) is 15.1. The molecule has 1 amide bonds. The van der Waals surface area contributed by atoms with E-state index < -0.39 is 0 Å². The fourth-order valence-electron chi connectivity index (χ4n) is 4.04. The normalized spacial score (nSPS) is 28.3. The van der Waals surface area contributed by atoms with Gasteiger partial charge in [0, 0.05) is 10.9 Å².